The van der Waals surface area contributed by atoms with Crippen LogP contribution in [0, 0.1) is 5.92 Å². The first kappa shape index (κ1) is 16.1. The molecule has 1 atom stereocenters. The molecule has 2 amide bonds. The molecule has 0 bridgehead atoms. The molecular formula is C15H27N3O3. The summed E-state index contributed by atoms with van der Waals surface area (Å²) < 4.78 is 0. The lowest BCUT2D eigenvalue weighted by molar-refractivity contribution is -0.137. The Hall–Kier alpha value is -1.30. The highest BCUT2D eigenvalue weighted by Crippen LogP contribution is 2.27. The molecule has 2 fully saturated rings. The van der Waals surface area contributed by atoms with Crippen molar-refractivity contribution in [2.24, 2.45) is 5.92 Å². The van der Waals surface area contributed by atoms with Gasteiger partial charge in [-0.25, -0.2) is 4.79 Å². The average molecular weight is 297 g/mol. The number of carboxylic acid groups (broad SMARTS) is 1. The third-order valence-corrected chi connectivity index (χ3v) is 4.76. The third-order valence-electron chi connectivity index (χ3n) is 4.76. The Morgan fingerprint density at radius 3 is 2.38 bits per heavy atom. The molecule has 6 heteroatoms. The van der Waals surface area contributed by atoms with Crippen molar-refractivity contribution in [3.8, 4) is 0 Å². The van der Waals surface area contributed by atoms with Gasteiger partial charge < -0.3 is 15.3 Å². The molecule has 2 N–H and O–H groups in total. The summed E-state index contributed by atoms with van der Waals surface area (Å²) in [5, 5.41) is 11.8. The SMILES string of the molecule is CC(NC(=O)N1CCN(CCC(=O)O)CC1)C1CCCC1. The fourth-order valence-electron chi connectivity index (χ4n) is 3.29. The molecule has 0 radical (unpaired) electrons. The second-order valence-electron chi connectivity index (χ2n) is 6.26. The minimum atomic E-state index is -0.763. The van der Waals surface area contributed by atoms with Crippen LogP contribution < -0.4 is 5.32 Å². The molecule has 0 aromatic carbocycles. The first-order chi connectivity index (χ1) is 10.1. The second-order valence-corrected chi connectivity index (χ2v) is 6.26. The Morgan fingerprint density at radius 2 is 1.81 bits per heavy atom. The van der Waals surface area contributed by atoms with Crippen molar-refractivity contribution in [1.82, 2.24) is 15.1 Å². The van der Waals surface area contributed by atoms with Crippen molar-refractivity contribution in [3.05, 3.63) is 0 Å². The monoisotopic (exact) mass is 297 g/mol. The molecular weight excluding hydrogens is 270 g/mol. The van der Waals surface area contributed by atoms with Crippen LogP contribution >= 0.6 is 0 Å². The molecule has 0 aromatic heterocycles. The number of hydrogen-bond acceptors (Lipinski definition) is 3. The minimum Gasteiger partial charge on any atom is -0.481 e. The van der Waals surface area contributed by atoms with Crippen LogP contribution in [0.5, 0.6) is 0 Å². The quantitative estimate of drug-likeness (QED) is 0.804. The number of aliphatic carboxylic acids is 1. The van der Waals surface area contributed by atoms with E-state index in [4.69, 9.17) is 5.11 Å². The molecule has 120 valence electrons. The van der Waals surface area contributed by atoms with Crippen LogP contribution in [0.2, 0.25) is 0 Å². The summed E-state index contributed by atoms with van der Waals surface area (Å²) in [5.41, 5.74) is 0. The summed E-state index contributed by atoms with van der Waals surface area (Å²) in [6.45, 7) is 5.57. The van der Waals surface area contributed by atoms with Gasteiger partial charge in [-0.15, -0.1) is 0 Å². The molecule has 21 heavy (non-hydrogen) atoms. The van der Waals surface area contributed by atoms with Crippen molar-refractivity contribution in [1.29, 1.82) is 0 Å². The van der Waals surface area contributed by atoms with Gasteiger partial charge in [-0.3, -0.25) is 9.69 Å². The van der Waals surface area contributed by atoms with Gasteiger partial charge >= 0.3 is 12.0 Å². The molecule has 0 aromatic rings. The van der Waals surface area contributed by atoms with E-state index in [-0.39, 0.29) is 18.5 Å². The van der Waals surface area contributed by atoms with Gasteiger partial charge in [0.2, 0.25) is 0 Å². The molecule has 1 saturated heterocycles. The van der Waals surface area contributed by atoms with Gasteiger partial charge in [-0.05, 0) is 25.7 Å². The maximum Gasteiger partial charge on any atom is 0.317 e. The van der Waals surface area contributed by atoms with Crippen molar-refractivity contribution >= 4 is 12.0 Å². The molecule has 1 unspecified atom stereocenters. The summed E-state index contributed by atoms with van der Waals surface area (Å²) in [6, 6.07) is 0.289. The number of carbonyl (C=O) groups excluding carboxylic acids is 1. The van der Waals surface area contributed by atoms with Crippen LogP contribution in [-0.4, -0.2) is 65.7 Å². The Morgan fingerprint density at radius 1 is 1.19 bits per heavy atom. The summed E-state index contributed by atoms with van der Waals surface area (Å²) in [4.78, 5) is 26.8. The van der Waals surface area contributed by atoms with E-state index in [1.54, 1.807) is 0 Å². The van der Waals surface area contributed by atoms with E-state index in [1.165, 1.54) is 25.7 Å². The lowest BCUT2D eigenvalue weighted by Gasteiger charge is -2.35. The van der Waals surface area contributed by atoms with Gasteiger partial charge in [0, 0.05) is 38.8 Å². The maximum atomic E-state index is 12.2. The molecule has 1 aliphatic heterocycles. The number of rotatable bonds is 5. The van der Waals surface area contributed by atoms with Gasteiger partial charge in [-0.2, -0.15) is 0 Å². The summed E-state index contributed by atoms with van der Waals surface area (Å²) in [6.07, 6.45) is 5.19. The topological polar surface area (TPSA) is 72.9 Å². The number of piperazine rings is 1. The molecule has 0 spiro atoms. The summed E-state index contributed by atoms with van der Waals surface area (Å²) in [5.74, 6) is -0.133. The van der Waals surface area contributed by atoms with E-state index in [9.17, 15) is 9.59 Å². The number of amides is 2. The zero-order chi connectivity index (χ0) is 15.2. The maximum absolute atomic E-state index is 12.2. The largest absolute Gasteiger partial charge is 0.481 e. The average Bonchev–Trinajstić information content (AvgIpc) is 3.00. The molecule has 2 rings (SSSR count). The Kier molecular flexibility index (Phi) is 5.85. The number of carboxylic acids is 1. The number of carbonyl (C=O) groups is 2. The highest BCUT2D eigenvalue weighted by molar-refractivity contribution is 5.74. The van der Waals surface area contributed by atoms with Gasteiger partial charge in [0.15, 0.2) is 0 Å². The van der Waals surface area contributed by atoms with Gasteiger partial charge in [0.25, 0.3) is 0 Å². The van der Waals surface area contributed by atoms with E-state index >= 15 is 0 Å². The Bertz CT molecular complexity index is 361. The summed E-state index contributed by atoms with van der Waals surface area (Å²) >= 11 is 0. The van der Waals surface area contributed by atoms with Gasteiger partial charge in [-0.1, -0.05) is 12.8 Å². The van der Waals surface area contributed by atoms with E-state index in [2.05, 4.69) is 17.1 Å². The van der Waals surface area contributed by atoms with Gasteiger partial charge in [0.05, 0.1) is 6.42 Å². The molecule has 1 aliphatic carbocycles. The highest BCUT2D eigenvalue weighted by atomic mass is 16.4. The van der Waals surface area contributed by atoms with Crippen LogP contribution in [0.3, 0.4) is 0 Å². The minimum absolute atomic E-state index is 0.0345. The van der Waals surface area contributed by atoms with E-state index < -0.39 is 5.97 Å². The van der Waals surface area contributed by atoms with Crippen molar-refractivity contribution in [2.75, 3.05) is 32.7 Å². The fourth-order valence-corrected chi connectivity index (χ4v) is 3.29. The van der Waals surface area contributed by atoms with E-state index in [0.717, 1.165) is 13.1 Å². The first-order valence-corrected chi connectivity index (χ1v) is 8.06. The van der Waals surface area contributed by atoms with Gasteiger partial charge in [0.1, 0.15) is 0 Å². The number of urea groups is 1. The van der Waals surface area contributed by atoms with Crippen LogP contribution in [0.4, 0.5) is 4.79 Å². The number of nitrogens with one attached hydrogen (secondary N) is 1. The lowest BCUT2D eigenvalue weighted by atomic mass is 10.00. The van der Waals surface area contributed by atoms with E-state index in [1.807, 2.05) is 4.90 Å². The third kappa shape index (κ3) is 4.88. The predicted octanol–water partition coefficient (Wildman–Crippen LogP) is 1.37. The zero-order valence-electron chi connectivity index (χ0n) is 12.9. The molecule has 1 saturated carbocycles. The zero-order valence-corrected chi connectivity index (χ0v) is 12.9. The lowest BCUT2D eigenvalue weighted by Crippen LogP contribution is -2.54. The Balaban J connectivity index is 1.68. The molecule has 1 heterocycles. The number of hydrogen-bond donors (Lipinski definition) is 2. The van der Waals surface area contributed by atoms with Crippen molar-refractivity contribution < 1.29 is 14.7 Å². The van der Waals surface area contributed by atoms with Crippen LogP contribution in [0.15, 0.2) is 0 Å². The highest BCUT2D eigenvalue weighted by Gasteiger charge is 2.26. The molecule has 6 nitrogen and oxygen atoms in total. The standard InChI is InChI=1S/C15H27N3O3/c1-12(13-4-2-3-5-13)16-15(21)18-10-8-17(9-11-18)7-6-14(19)20/h12-13H,2-11H2,1H3,(H,16,21)(H,19,20). The van der Waals surface area contributed by atoms with Crippen molar-refractivity contribution in [2.45, 2.75) is 45.1 Å². The summed E-state index contributed by atoms with van der Waals surface area (Å²) in [7, 11) is 0. The normalized spacial score (nSPS) is 22.2. The predicted molar refractivity (Wildman–Crippen MR) is 80.2 cm³/mol. The fraction of sp³-hybridized carbons (Fsp3) is 0.867. The van der Waals surface area contributed by atoms with E-state index in [0.29, 0.717) is 25.6 Å². The smallest absolute Gasteiger partial charge is 0.317 e. The second kappa shape index (κ2) is 7.64. The Labute approximate surface area is 126 Å². The first-order valence-electron chi connectivity index (χ1n) is 8.06. The van der Waals surface area contributed by atoms with Crippen molar-refractivity contribution in [3.63, 3.8) is 0 Å². The number of nitrogens with zero attached hydrogens (tertiary/aromatic N) is 2. The van der Waals surface area contributed by atoms with Crippen LogP contribution in [-0.2, 0) is 4.79 Å². The van der Waals surface area contributed by atoms with Crippen LogP contribution in [0.25, 0.3) is 0 Å². The van der Waals surface area contributed by atoms with Crippen LogP contribution in [0.1, 0.15) is 39.0 Å². The molecule has 2 aliphatic rings.